The molecule has 0 spiro atoms. The summed E-state index contributed by atoms with van der Waals surface area (Å²) in [7, 11) is 1.27. The number of aromatic carboxylic acids is 1. The number of pyridine rings is 1. The Morgan fingerprint density at radius 1 is 1.24 bits per heavy atom. The van der Waals surface area contributed by atoms with Gasteiger partial charge in [0.25, 0.3) is 0 Å². The first-order chi connectivity index (χ1) is 17.8. The molecule has 0 radical (unpaired) electrons. The number of benzene rings is 1. The Hall–Kier alpha value is -3.84. The van der Waals surface area contributed by atoms with Gasteiger partial charge in [0.05, 0.1) is 18.3 Å². The molecule has 37 heavy (non-hydrogen) atoms. The number of aryl methyl sites for hydroxylation is 1. The van der Waals surface area contributed by atoms with Gasteiger partial charge in [-0.3, -0.25) is 9.69 Å². The number of anilines is 1. The van der Waals surface area contributed by atoms with Crippen LogP contribution in [0, 0.1) is 5.82 Å². The smallest absolute Gasteiger partial charge is 0.346 e. The van der Waals surface area contributed by atoms with Crippen molar-refractivity contribution in [2.45, 2.75) is 13.5 Å². The number of piperazine rings is 1. The molecule has 1 aromatic carbocycles. The number of oxime groups is 1. The van der Waals surface area contributed by atoms with E-state index in [1.807, 2.05) is 17.2 Å². The van der Waals surface area contributed by atoms with Crippen molar-refractivity contribution in [3.8, 4) is 0 Å². The van der Waals surface area contributed by atoms with Gasteiger partial charge in [0, 0.05) is 62.4 Å². The number of nitrogens with zero attached hydrogens (tertiary/aromatic N) is 5. The third kappa shape index (κ3) is 5.78. The largest absolute Gasteiger partial charge is 0.477 e. The standard InChI is InChI=1S/C24H26FN5O6S/c1-3-29-12-16(24(33)34)22(32)15-10-17(25)20(11-19(15)29)30-7-5-28(6-8-30)13-18(23-26-4-9-37-23)27-36-14-21(31)35-2/h4,9-12H,3,5-8,13-14H2,1-2H3,(H,33,34)/b27-18+. The summed E-state index contributed by atoms with van der Waals surface area (Å²) in [6.07, 6.45) is 2.96. The molecule has 1 N–H and O–H groups in total. The van der Waals surface area contributed by atoms with Crippen molar-refractivity contribution in [3.05, 3.63) is 56.5 Å². The molecule has 196 valence electrons. The maximum atomic E-state index is 15.1. The van der Waals surface area contributed by atoms with Gasteiger partial charge >= 0.3 is 11.9 Å². The minimum atomic E-state index is -1.34. The zero-order valence-electron chi connectivity index (χ0n) is 20.3. The lowest BCUT2D eigenvalue weighted by atomic mass is 10.1. The lowest BCUT2D eigenvalue weighted by Crippen LogP contribution is -2.48. The van der Waals surface area contributed by atoms with Crippen LogP contribution in [0.4, 0.5) is 10.1 Å². The Labute approximate surface area is 215 Å². The van der Waals surface area contributed by atoms with E-state index in [1.54, 1.807) is 16.8 Å². The molecule has 2 aromatic heterocycles. The normalized spacial score (nSPS) is 14.7. The van der Waals surface area contributed by atoms with Crippen LogP contribution in [0.3, 0.4) is 0 Å². The highest BCUT2D eigenvalue weighted by Gasteiger charge is 2.24. The van der Waals surface area contributed by atoms with Crippen molar-refractivity contribution in [1.29, 1.82) is 0 Å². The molecule has 1 aliphatic rings. The van der Waals surface area contributed by atoms with Crippen LogP contribution in [0.2, 0.25) is 0 Å². The molecule has 4 rings (SSSR count). The number of halogens is 1. The van der Waals surface area contributed by atoms with E-state index in [2.05, 4.69) is 19.8 Å². The molecule has 0 amide bonds. The fourth-order valence-corrected chi connectivity index (χ4v) is 4.75. The number of esters is 1. The molecule has 3 aromatic rings. The Morgan fingerprint density at radius 2 is 2.00 bits per heavy atom. The predicted molar refractivity (Wildman–Crippen MR) is 136 cm³/mol. The van der Waals surface area contributed by atoms with Crippen molar-refractivity contribution in [2.75, 3.05) is 51.3 Å². The molecular formula is C24H26FN5O6S. The summed E-state index contributed by atoms with van der Waals surface area (Å²) in [6.45, 7) is 4.59. The van der Waals surface area contributed by atoms with Crippen molar-refractivity contribution >= 4 is 45.6 Å². The van der Waals surface area contributed by atoms with Gasteiger partial charge in [-0.25, -0.2) is 19.0 Å². The number of carboxylic acid groups (broad SMARTS) is 1. The van der Waals surface area contributed by atoms with Crippen LogP contribution in [0.5, 0.6) is 0 Å². The minimum absolute atomic E-state index is 0.0397. The van der Waals surface area contributed by atoms with Gasteiger partial charge in [-0.1, -0.05) is 5.16 Å². The second kappa shape index (κ2) is 11.5. The number of carboxylic acids is 1. The van der Waals surface area contributed by atoms with E-state index in [0.717, 1.165) is 6.07 Å². The SMILES string of the molecule is CCn1cc(C(=O)O)c(=O)c2cc(F)c(N3CCN(C/C(=N\OCC(=O)OC)c4nccs4)CC3)cc21. The number of fused-ring (bicyclic) bond motifs is 1. The van der Waals surface area contributed by atoms with Gasteiger partial charge in [0.15, 0.2) is 0 Å². The summed E-state index contributed by atoms with van der Waals surface area (Å²) in [5, 5.41) is 16.0. The molecule has 11 nitrogen and oxygen atoms in total. The number of hydrogen-bond acceptors (Lipinski definition) is 10. The Kier molecular flexibility index (Phi) is 8.14. The first-order valence-corrected chi connectivity index (χ1v) is 12.4. The third-order valence-corrected chi connectivity index (χ3v) is 6.89. The molecule has 0 atom stereocenters. The van der Waals surface area contributed by atoms with Gasteiger partial charge in [-0.2, -0.15) is 0 Å². The number of thiazole rings is 1. The second-order valence-electron chi connectivity index (χ2n) is 8.27. The topological polar surface area (TPSA) is 127 Å². The van der Waals surface area contributed by atoms with Gasteiger partial charge in [0.2, 0.25) is 12.0 Å². The Morgan fingerprint density at radius 3 is 2.62 bits per heavy atom. The highest BCUT2D eigenvalue weighted by molar-refractivity contribution is 7.11. The molecule has 1 fully saturated rings. The fraction of sp³-hybridized carbons (Fsp3) is 0.375. The highest BCUT2D eigenvalue weighted by Crippen LogP contribution is 2.26. The third-order valence-electron chi connectivity index (χ3n) is 6.07. The second-order valence-corrected chi connectivity index (χ2v) is 9.17. The molecule has 0 saturated carbocycles. The quantitative estimate of drug-likeness (QED) is 0.251. The molecule has 1 aliphatic heterocycles. The van der Waals surface area contributed by atoms with Gasteiger partial charge < -0.3 is 24.1 Å². The number of hydrogen-bond donors (Lipinski definition) is 1. The summed E-state index contributed by atoms with van der Waals surface area (Å²) in [4.78, 5) is 48.9. The molecule has 0 bridgehead atoms. The van der Waals surface area contributed by atoms with E-state index in [9.17, 15) is 19.5 Å². The zero-order valence-corrected chi connectivity index (χ0v) is 21.2. The summed E-state index contributed by atoms with van der Waals surface area (Å²) >= 11 is 1.40. The molecule has 1 saturated heterocycles. The van der Waals surface area contributed by atoms with Crippen LogP contribution in [0.1, 0.15) is 22.3 Å². The van der Waals surface area contributed by atoms with E-state index < -0.39 is 23.2 Å². The van der Waals surface area contributed by atoms with Crippen molar-refractivity contribution in [1.82, 2.24) is 14.5 Å². The number of aromatic nitrogens is 2. The molecule has 0 unspecified atom stereocenters. The van der Waals surface area contributed by atoms with Crippen molar-refractivity contribution in [2.24, 2.45) is 5.16 Å². The maximum Gasteiger partial charge on any atom is 0.346 e. The van der Waals surface area contributed by atoms with E-state index >= 15 is 4.39 Å². The summed E-state index contributed by atoms with van der Waals surface area (Å²) in [5.41, 5.74) is 0.323. The predicted octanol–water partition coefficient (Wildman–Crippen LogP) is 2.03. The Bertz CT molecular complexity index is 1380. The van der Waals surface area contributed by atoms with Crippen LogP contribution in [0.25, 0.3) is 10.9 Å². The summed E-state index contributed by atoms with van der Waals surface area (Å²) in [5.74, 6) is -2.46. The maximum absolute atomic E-state index is 15.1. The summed E-state index contributed by atoms with van der Waals surface area (Å²) in [6, 6.07) is 2.74. The number of rotatable bonds is 9. The van der Waals surface area contributed by atoms with Gasteiger partial charge in [-0.05, 0) is 19.1 Å². The number of ether oxygens (including phenoxy) is 1. The first kappa shape index (κ1) is 26.2. The lowest BCUT2D eigenvalue weighted by Gasteiger charge is -2.36. The first-order valence-electron chi connectivity index (χ1n) is 11.5. The number of carbonyl (C=O) groups is 2. The van der Waals surface area contributed by atoms with E-state index in [4.69, 9.17) is 4.84 Å². The van der Waals surface area contributed by atoms with Crippen LogP contribution in [-0.2, 0) is 20.9 Å². The van der Waals surface area contributed by atoms with E-state index in [0.29, 0.717) is 61.2 Å². The average Bonchev–Trinajstić information content (AvgIpc) is 3.43. The van der Waals surface area contributed by atoms with E-state index in [-0.39, 0.29) is 17.6 Å². The number of methoxy groups -OCH3 is 1. The molecule has 13 heteroatoms. The summed E-state index contributed by atoms with van der Waals surface area (Å²) < 4.78 is 21.4. The highest BCUT2D eigenvalue weighted by atomic mass is 32.1. The number of carbonyl (C=O) groups excluding carboxylic acids is 1. The van der Waals surface area contributed by atoms with Crippen LogP contribution >= 0.6 is 11.3 Å². The van der Waals surface area contributed by atoms with Crippen LogP contribution in [0.15, 0.2) is 39.9 Å². The van der Waals surface area contributed by atoms with E-state index in [1.165, 1.54) is 24.6 Å². The fourth-order valence-electron chi connectivity index (χ4n) is 4.14. The van der Waals surface area contributed by atoms with Gasteiger partial charge in [0.1, 0.15) is 22.1 Å². The lowest BCUT2D eigenvalue weighted by molar-refractivity contribution is -0.145. The van der Waals surface area contributed by atoms with Crippen molar-refractivity contribution in [3.63, 3.8) is 0 Å². The van der Waals surface area contributed by atoms with Gasteiger partial charge in [-0.15, -0.1) is 11.3 Å². The van der Waals surface area contributed by atoms with Crippen LogP contribution < -0.4 is 10.3 Å². The molecular weight excluding hydrogens is 505 g/mol. The van der Waals surface area contributed by atoms with Crippen LogP contribution in [-0.4, -0.2) is 83.6 Å². The molecule has 3 heterocycles. The minimum Gasteiger partial charge on any atom is -0.477 e. The van der Waals surface area contributed by atoms with Crippen molar-refractivity contribution < 1.29 is 28.7 Å². The average molecular weight is 532 g/mol. The monoisotopic (exact) mass is 531 g/mol. The molecule has 0 aliphatic carbocycles. The Balaban J connectivity index is 1.51. The zero-order chi connectivity index (χ0) is 26.5.